The van der Waals surface area contributed by atoms with Crippen LogP contribution in [-0.4, -0.2) is 22.6 Å². The van der Waals surface area contributed by atoms with E-state index in [1.165, 1.54) is 38.1 Å². The summed E-state index contributed by atoms with van der Waals surface area (Å²) in [6, 6.07) is 9.08. The Balaban J connectivity index is 1.94. The molecular weight excluding hydrogens is 330 g/mol. The highest BCUT2D eigenvalue weighted by Gasteiger charge is 2.39. The number of hydrogen-bond donors (Lipinski definition) is 0. The molecule has 128 valence electrons. The molecule has 0 radical (unpaired) electrons. The molecule has 0 spiro atoms. The van der Waals surface area contributed by atoms with Crippen LogP contribution < -0.4 is 0 Å². The number of esters is 2. The van der Waals surface area contributed by atoms with E-state index in [4.69, 9.17) is 13.9 Å². The van der Waals surface area contributed by atoms with Crippen molar-refractivity contribution in [2.45, 2.75) is 19.6 Å². The van der Waals surface area contributed by atoms with Gasteiger partial charge in [0.05, 0.1) is 10.5 Å². The van der Waals surface area contributed by atoms with Crippen LogP contribution in [0.25, 0.3) is 17.4 Å². The Morgan fingerprint density at radius 1 is 1.04 bits per heavy atom. The van der Waals surface area contributed by atoms with Gasteiger partial charge in [0.1, 0.15) is 17.1 Å². The topological polar surface area (TPSA) is 109 Å². The van der Waals surface area contributed by atoms with Crippen molar-refractivity contribution >= 4 is 23.7 Å². The zero-order valence-electron chi connectivity index (χ0n) is 13.3. The molecule has 25 heavy (non-hydrogen) atoms. The molecule has 8 heteroatoms. The van der Waals surface area contributed by atoms with Crippen LogP contribution in [0.2, 0.25) is 0 Å². The number of carbonyl (C=O) groups is 2. The summed E-state index contributed by atoms with van der Waals surface area (Å²) >= 11 is 0. The van der Waals surface area contributed by atoms with Gasteiger partial charge < -0.3 is 13.9 Å². The van der Waals surface area contributed by atoms with Gasteiger partial charge in [-0.15, -0.1) is 0 Å². The molecule has 8 nitrogen and oxygen atoms in total. The normalized spacial score (nSPS) is 16.2. The highest BCUT2D eigenvalue weighted by molar-refractivity contribution is 6.18. The Labute approximate surface area is 141 Å². The van der Waals surface area contributed by atoms with Crippen molar-refractivity contribution in [2.75, 3.05) is 0 Å². The molecule has 1 aliphatic heterocycles. The number of furan rings is 1. The third-order valence-corrected chi connectivity index (χ3v) is 3.40. The van der Waals surface area contributed by atoms with E-state index < -0.39 is 22.6 Å². The molecule has 0 amide bonds. The van der Waals surface area contributed by atoms with E-state index in [9.17, 15) is 19.7 Å². The molecular formula is C17H13NO7. The number of nitro groups is 1. The number of rotatable bonds is 3. The van der Waals surface area contributed by atoms with Crippen LogP contribution >= 0.6 is 0 Å². The van der Waals surface area contributed by atoms with Gasteiger partial charge in [-0.2, -0.15) is 0 Å². The van der Waals surface area contributed by atoms with Crippen molar-refractivity contribution in [1.29, 1.82) is 0 Å². The first-order valence-electron chi connectivity index (χ1n) is 7.29. The number of cyclic esters (lactones) is 2. The van der Waals surface area contributed by atoms with Gasteiger partial charge in [0.15, 0.2) is 0 Å². The lowest BCUT2D eigenvalue weighted by Crippen LogP contribution is -2.41. The van der Waals surface area contributed by atoms with Crippen molar-refractivity contribution in [3.8, 4) is 11.3 Å². The number of benzene rings is 1. The van der Waals surface area contributed by atoms with Crippen LogP contribution in [0.1, 0.15) is 19.6 Å². The quantitative estimate of drug-likeness (QED) is 0.277. The maximum Gasteiger partial charge on any atom is 0.348 e. The molecule has 0 atom stereocenters. The van der Waals surface area contributed by atoms with Gasteiger partial charge in [-0.3, -0.25) is 10.1 Å². The summed E-state index contributed by atoms with van der Waals surface area (Å²) in [4.78, 5) is 34.4. The Morgan fingerprint density at radius 3 is 2.32 bits per heavy atom. The molecule has 2 aromatic rings. The number of ether oxygens (including phenoxy) is 2. The van der Waals surface area contributed by atoms with Crippen LogP contribution in [0, 0.1) is 10.1 Å². The fourth-order valence-electron chi connectivity index (χ4n) is 2.34. The monoisotopic (exact) mass is 343 g/mol. The molecule has 0 N–H and O–H groups in total. The summed E-state index contributed by atoms with van der Waals surface area (Å²) in [6.45, 7) is 2.89. The van der Waals surface area contributed by atoms with Gasteiger partial charge in [0, 0.05) is 26.0 Å². The van der Waals surface area contributed by atoms with E-state index in [1.54, 1.807) is 18.2 Å². The lowest BCUT2D eigenvalue weighted by molar-refractivity contribution is -0.384. The van der Waals surface area contributed by atoms with Gasteiger partial charge in [-0.25, -0.2) is 9.59 Å². The van der Waals surface area contributed by atoms with E-state index in [0.29, 0.717) is 0 Å². The van der Waals surface area contributed by atoms with E-state index >= 15 is 0 Å². The van der Waals surface area contributed by atoms with Crippen LogP contribution in [0.15, 0.2) is 46.4 Å². The smallest absolute Gasteiger partial charge is 0.348 e. The summed E-state index contributed by atoms with van der Waals surface area (Å²) < 4.78 is 15.5. The average Bonchev–Trinajstić information content (AvgIpc) is 2.98. The van der Waals surface area contributed by atoms with Crippen molar-refractivity contribution in [3.63, 3.8) is 0 Å². The van der Waals surface area contributed by atoms with Crippen LogP contribution in [0.3, 0.4) is 0 Å². The van der Waals surface area contributed by atoms with E-state index in [0.717, 1.165) is 0 Å². The second kappa shape index (κ2) is 5.90. The predicted molar refractivity (Wildman–Crippen MR) is 85.0 cm³/mol. The van der Waals surface area contributed by atoms with Crippen molar-refractivity contribution in [3.05, 3.63) is 57.8 Å². The molecule has 0 aliphatic carbocycles. The van der Waals surface area contributed by atoms with Gasteiger partial charge in [-0.1, -0.05) is 12.1 Å². The van der Waals surface area contributed by atoms with Crippen molar-refractivity contribution in [1.82, 2.24) is 0 Å². The average molecular weight is 343 g/mol. The summed E-state index contributed by atoms with van der Waals surface area (Å²) in [7, 11) is 0. The van der Waals surface area contributed by atoms with E-state index in [-0.39, 0.29) is 28.3 Å². The van der Waals surface area contributed by atoms with Gasteiger partial charge >= 0.3 is 11.9 Å². The minimum atomic E-state index is -1.33. The minimum absolute atomic E-state index is 0.116. The highest BCUT2D eigenvalue weighted by Crippen LogP contribution is 2.32. The standard InChI is InChI=1S/C17H13NO7/c1-17(2)24-15(19)12(16(20)25-17)9-10-7-8-14(23-10)11-5-3-4-6-13(11)18(21)22/h3-9H,1-2H3. The fourth-order valence-corrected chi connectivity index (χ4v) is 2.34. The fraction of sp³-hybridized carbons (Fsp3) is 0.176. The molecule has 1 fully saturated rings. The number of nitrogens with zero attached hydrogens (tertiary/aromatic N) is 1. The largest absolute Gasteiger partial charge is 0.456 e. The predicted octanol–water partition coefficient (Wildman–Crippen LogP) is 3.07. The zero-order valence-corrected chi connectivity index (χ0v) is 13.3. The zero-order chi connectivity index (χ0) is 18.2. The lowest BCUT2D eigenvalue weighted by atomic mass is 10.1. The van der Waals surface area contributed by atoms with E-state index in [1.807, 2.05) is 0 Å². The Hall–Kier alpha value is -3.42. The third-order valence-electron chi connectivity index (χ3n) is 3.40. The molecule has 0 bridgehead atoms. The highest BCUT2D eigenvalue weighted by atomic mass is 16.7. The lowest BCUT2D eigenvalue weighted by Gasteiger charge is -2.29. The number of nitro benzene ring substituents is 1. The molecule has 2 heterocycles. The minimum Gasteiger partial charge on any atom is -0.456 e. The number of hydrogen-bond acceptors (Lipinski definition) is 7. The van der Waals surface area contributed by atoms with Crippen LogP contribution in [0.5, 0.6) is 0 Å². The first-order valence-corrected chi connectivity index (χ1v) is 7.29. The summed E-state index contributed by atoms with van der Waals surface area (Å²) in [5.41, 5.74) is -0.149. The van der Waals surface area contributed by atoms with Gasteiger partial charge in [-0.05, 0) is 18.2 Å². The SMILES string of the molecule is CC1(C)OC(=O)C(=Cc2ccc(-c3ccccc3[N+](=O)[O-])o2)C(=O)O1. The maximum atomic E-state index is 11.9. The second-order valence-electron chi connectivity index (χ2n) is 5.71. The molecule has 1 aromatic heterocycles. The molecule has 3 rings (SSSR count). The Morgan fingerprint density at radius 2 is 1.68 bits per heavy atom. The summed E-state index contributed by atoms with van der Waals surface area (Å²) in [6.07, 6.45) is 1.18. The molecule has 0 saturated carbocycles. The molecule has 0 unspecified atom stereocenters. The number of para-hydroxylation sites is 1. The molecule has 1 aromatic carbocycles. The van der Waals surface area contributed by atoms with Gasteiger partial charge in [0.2, 0.25) is 0 Å². The Bertz CT molecular complexity index is 885. The second-order valence-corrected chi connectivity index (χ2v) is 5.71. The molecule has 1 aliphatic rings. The van der Waals surface area contributed by atoms with Crippen molar-refractivity contribution < 1.29 is 28.4 Å². The first-order chi connectivity index (χ1) is 11.8. The maximum absolute atomic E-state index is 11.9. The van der Waals surface area contributed by atoms with Crippen molar-refractivity contribution in [2.24, 2.45) is 0 Å². The van der Waals surface area contributed by atoms with Crippen LogP contribution in [-0.2, 0) is 19.1 Å². The summed E-state index contributed by atoms with van der Waals surface area (Å²) in [5.74, 6) is -2.59. The van der Waals surface area contributed by atoms with Gasteiger partial charge in [0.25, 0.3) is 11.5 Å². The van der Waals surface area contributed by atoms with Crippen LogP contribution in [0.4, 0.5) is 5.69 Å². The number of carbonyl (C=O) groups excluding carboxylic acids is 2. The first kappa shape index (κ1) is 16.4. The van der Waals surface area contributed by atoms with E-state index in [2.05, 4.69) is 0 Å². The third kappa shape index (κ3) is 3.27. The molecule has 1 saturated heterocycles. The Kier molecular flexibility index (Phi) is 3.88. The summed E-state index contributed by atoms with van der Waals surface area (Å²) in [5, 5.41) is 11.1.